The molecule has 1 aromatic carbocycles. The minimum absolute atomic E-state index is 0.283. The van der Waals surface area contributed by atoms with Crippen molar-refractivity contribution in [1.82, 2.24) is 5.32 Å². The molecule has 1 atom stereocenters. The molecule has 0 aliphatic heterocycles. The summed E-state index contributed by atoms with van der Waals surface area (Å²) in [5, 5.41) is 12.7. The minimum Gasteiger partial charge on any atom is -0.309 e. The van der Waals surface area contributed by atoms with E-state index in [-0.39, 0.29) is 6.04 Å². The van der Waals surface area contributed by atoms with Crippen LogP contribution in [0.15, 0.2) is 24.3 Å². The highest BCUT2D eigenvalue weighted by molar-refractivity contribution is 6.30. The van der Waals surface area contributed by atoms with Crippen molar-refractivity contribution in [2.45, 2.75) is 32.4 Å². The van der Waals surface area contributed by atoms with Crippen LogP contribution >= 0.6 is 11.6 Å². The highest BCUT2D eigenvalue weighted by Crippen LogP contribution is 2.09. The zero-order valence-corrected chi connectivity index (χ0v) is 9.59. The van der Waals surface area contributed by atoms with E-state index in [9.17, 15) is 0 Å². The first kappa shape index (κ1) is 12.0. The Bertz CT molecular complexity index is 326. The first-order valence-corrected chi connectivity index (χ1v) is 5.48. The summed E-state index contributed by atoms with van der Waals surface area (Å²) in [5.74, 6) is 0. The van der Waals surface area contributed by atoms with Gasteiger partial charge in [0.2, 0.25) is 0 Å². The molecule has 3 heteroatoms. The van der Waals surface area contributed by atoms with Crippen molar-refractivity contribution in [3.8, 4) is 6.07 Å². The number of hydrogen-bond acceptors (Lipinski definition) is 2. The second kappa shape index (κ2) is 6.44. The van der Waals surface area contributed by atoms with Gasteiger partial charge in [0, 0.05) is 17.6 Å². The maximum absolute atomic E-state index is 8.59. The first-order valence-electron chi connectivity index (χ1n) is 5.11. The molecule has 1 N–H and O–H groups in total. The van der Waals surface area contributed by atoms with Crippen LogP contribution in [-0.4, -0.2) is 6.04 Å². The second-order valence-electron chi connectivity index (χ2n) is 3.47. The molecule has 80 valence electrons. The van der Waals surface area contributed by atoms with Gasteiger partial charge in [0.05, 0.1) is 12.5 Å². The third-order valence-electron chi connectivity index (χ3n) is 2.34. The van der Waals surface area contributed by atoms with Gasteiger partial charge in [-0.25, -0.2) is 0 Å². The molecular formula is C12H15ClN2. The molecule has 0 unspecified atom stereocenters. The summed E-state index contributed by atoms with van der Waals surface area (Å²) in [6, 6.07) is 10.2. The van der Waals surface area contributed by atoms with Gasteiger partial charge < -0.3 is 5.32 Å². The van der Waals surface area contributed by atoms with E-state index in [4.69, 9.17) is 16.9 Å². The number of hydrogen-bond donors (Lipinski definition) is 1. The third kappa shape index (κ3) is 4.33. The average Bonchev–Trinajstić information content (AvgIpc) is 2.26. The van der Waals surface area contributed by atoms with Gasteiger partial charge in [-0.2, -0.15) is 5.26 Å². The largest absolute Gasteiger partial charge is 0.309 e. The van der Waals surface area contributed by atoms with Gasteiger partial charge in [-0.05, 0) is 24.1 Å². The van der Waals surface area contributed by atoms with Gasteiger partial charge in [-0.15, -0.1) is 0 Å². The van der Waals surface area contributed by atoms with E-state index in [1.807, 2.05) is 24.3 Å². The summed E-state index contributed by atoms with van der Waals surface area (Å²) >= 11 is 5.79. The smallest absolute Gasteiger partial charge is 0.0638 e. The molecule has 0 saturated heterocycles. The highest BCUT2D eigenvalue weighted by Gasteiger charge is 2.04. The van der Waals surface area contributed by atoms with Crippen LogP contribution in [0.25, 0.3) is 0 Å². The molecule has 0 radical (unpaired) electrons. The minimum atomic E-state index is 0.283. The Kier molecular flexibility index (Phi) is 5.17. The molecule has 0 saturated carbocycles. The van der Waals surface area contributed by atoms with Crippen LogP contribution in [0, 0.1) is 11.3 Å². The van der Waals surface area contributed by atoms with Crippen LogP contribution in [0.3, 0.4) is 0 Å². The molecule has 0 spiro atoms. The fourth-order valence-corrected chi connectivity index (χ4v) is 1.46. The predicted molar refractivity (Wildman–Crippen MR) is 62.6 cm³/mol. The lowest BCUT2D eigenvalue weighted by molar-refractivity contribution is 0.505. The first-order chi connectivity index (χ1) is 7.26. The van der Waals surface area contributed by atoms with Crippen LogP contribution in [0.2, 0.25) is 5.02 Å². The van der Waals surface area contributed by atoms with E-state index in [0.717, 1.165) is 18.0 Å². The van der Waals surface area contributed by atoms with E-state index >= 15 is 0 Å². The van der Waals surface area contributed by atoms with Crippen molar-refractivity contribution in [2.24, 2.45) is 0 Å². The van der Waals surface area contributed by atoms with Crippen LogP contribution < -0.4 is 5.32 Å². The number of nitrogens with zero attached hydrogens (tertiary/aromatic N) is 1. The molecule has 0 aliphatic rings. The quantitative estimate of drug-likeness (QED) is 0.831. The van der Waals surface area contributed by atoms with Gasteiger partial charge in [-0.3, -0.25) is 0 Å². The van der Waals surface area contributed by atoms with Crippen molar-refractivity contribution in [2.75, 3.05) is 0 Å². The van der Waals surface area contributed by atoms with E-state index in [1.165, 1.54) is 5.56 Å². The van der Waals surface area contributed by atoms with Gasteiger partial charge in [-0.1, -0.05) is 30.7 Å². The summed E-state index contributed by atoms with van der Waals surface area (Å²) < 4.78 is 0. The molecule has 0 fully saturated rings. The summed E-state index contributed by atoms with van der Waals surface area (Å²) in [4.78, 5) is 0. The Morgan fingerprint density at radius 2 is 2.07 bits per heavy atom. The number of benzene rings is 1. The second-order valence-corrected chi connectivity index (χ2v) is 3.91. The lowest BCUT2D eigenvalue weighted by atomic mass is 10.1. The van der Waals surface area contributed by atoms with E-state index < -0.39 is 0 Å². The maximum Gasteiger partial charge on any atom is 0.0638 e. The average molecular weight is 223 g/mol. The normalized spacial score (nSPS) is 12.1. The Labute approximate surface area is 95.9 Å². The van der Waals surface area contributed by atoms with Gasteiger partial charge >= 0.3 is 0 Å². The summed E-state index contributed by atoms with van der Waals surface area (Å²) in [6.07, 6.45) is 1.53. The molecule has 0 amide bonds. The molecule has 0 aromatic heterocycles. The van der Waals surface area contributed by atoms with Crippen LogP contribution in [0.4, 0.5) is 0 Å². The van der Waals surface area contributed by atoms with Crippen LogP contribution in [0.5, 0.6) is 0 Å². The number of nitriles is 1. The number of nitrogens with one attached hydrogen (secondary N) is 1. The van der Waals surface area contributed by atoms with Gasteiger partial charge in [0.15, 0.2) is 0 Å². The molecule has 0 aliphatic carbocycles. The highest BCUT2D eigenvalue weighted by atomic mass is 35.5. The number of halogens is 1. The van der Waals surface area contributed by atoms with Crippen LogP contribution in [0.1, 0.15) is 25.3 Å². The Morgan fingerprint density at radius 3 is 2.60 bits per heavy atom. The van der Waals surface area contributed by atoms with Gasteiger partial charge in [0.1, 0.15) is 0 Å². The predicted octanol–water partition coefficient (Wildman–Crippen LogP) is 3.12. The number of rotatable bonds is 5. The molecule has 0 heterocycles. The Balaban J connectivity index is 2.42. The van der Waals surface area contributed by atoms with E-state index in [1.54, 1.807) is 0 Å². The van der Waals surface area contributed by atoms with E-state index in [2.05, 4.69) is 18.3 Å². The summed E-state index contributed by atoms with van der Waals surface area (Å²) in [6.45, 7) is 2.87. The van der Waals surface area contributed by atoms with Crippen molar-refractivity contribution in [1.29, 1.82) is 5.26 Å². The fraction of sp³-hybridized carbons (Fsp3) is 0.417. The fourth-order valence-electron chi connectivity index (χ4n) is 1.34. The zero-order chi connectivity index (χ0) is 11.1. The van der Waals surface area contributed by atoms with Crippen LogP contribution in [-0.2, 0) is 6.54 Å². The lowest BCUT2D eigenvalue weighted by Gasteiger charge is -2.13. The summed E-state index contributed by atoms with van der Waals surface area (Å²) in [7, 11) is 0. The van der Waals surface area contributed by atoms with Gasteiger partial charge in [0.25, 0.3) is 0 Å². The van der Waals surface area contributed by atoms with Crippen molar-refractivity contribution in [3.63, 3.8) is 0 Å². The lowest BCUT2D eigenvalue weighted by Crippen LogP contribution is -2.27. The third-order valence-corrected chi connectivity index (χ3v) is 2.59. The standard InChI is InChI=1S/C12H15ClN2/c1-2-12(7-8-14)15-9-10-3-5-11(13)6-4-10/h3-6,12,15H,2,7,9H2,1H3/t12-/m1/s1. The molecule has 15 heavy (non-hydrogen) atoms. The maximum atomic E-state index is 8.59. The monoisotopic (exact) mass is 222 g/mol. The molecule has 1 rings (SSSR count). The molecule has 2 nitrogen and oxygen atoms in total. The molecular weight excluding hydrogens is 208 g/mol. The zero-order valence-electron chi connectivity index (χ0n) is 8.83. The van der Waals surface area contributed by atoms with E-state index in [0.29, 0.717) is 6.42 Å². The van der Waals surface area contributed by atoms with Crippen molar-refractivity contribution >= 4 is 11.6 Å². The summed E-state index contributed by atoms with van der Waals surface area (Å²) in [5.41, 5.74) is 1.19. The molecule has 1 aromatic rings. The SMILES string of the molecule is CC[C@H](CC#N)NCc1ccc(Cl)cc1. The van der Waals surface area contributed by atoms with Crippen molar-refractivity contribution in [3.05, 3.63) is 34.9 Å². The Morgan fingerprint density at radius 1 is 1.40 bits per heavy atom. The Hall–Kier alpha value is -1.04. The molecule has 0 bridgehead atoms. The van der Waals surface area contributed by atoms with Crippen molar-refractivity contribution < 1.29 is 0 Å². The topological polar surface area (TPSA) is 35.8 Å².